The molecule has 53 heavy (non-hydrogen) atoms. The Kier molecular flexibility index (Phi) is 36.3. The number of hydrogen-bond donors (Lipinski definition) is 3. The fourth-order valence-corrected chi connectivity index (χ4v) is 7.37. The van der Waals surface area contributed by atoms with Crippen molar-refractivity contribution in [3.8, 4) is 0 Å². The van der Waals surface area contributed by atoms with Gasteiger partial charge in [-0.1, -0.05) is 199 Å². The molecule has 0 heterocycles. The van der Waals surface area contributed by atoms with Crippen molar-refractivity contribution in [1.82, 2.24) is 5.32 Å². The third-order valence-electron chi connectivity index (χ3n) is 10.3. The van der Waals surface area contributed by atoms with E-state index in [1.807, 2.05) is 27.2 Å². The van der Waals surface area contributed by atoms with Crippen molar-refractivity contribution in [2.75, 3.05) is 40.9 Å². The van der Waals surface area contributed by atoms with Gasteiger partial charge in [0, 0.05) is 6.42 Å². The van der Waals surface area contributed by atoms with E-state index in [4.69, 9.17) is 9.05 Å². The van der Waals surface area contributed by atoms with E-state index in [2.05, 4.69) is 19.2 Å². The second kappa shape index (κ2) is 36.9. The van der Waals surface area contributed by atoms with E-state index in [1.54, 1.807) is 6.08 Å². The molecule has 8 nitrogen and oxygen atoms in total. The second-order valence-electron chi connectivity index (χ2n) is 16.8. The number of aliphatic hydroxyl groups excluding tert-OH is 1. The maximum atomic E-state index is 12.8. The van der Waals surface area contributed by atoms with Crippen molar-refractivity contribution in [2.24, 2.45) is 0 Å². The Morgan fingerprint density at radius 2 is 1.00 bits per heavy atom. The molecule has 0 saturated heterocycles. The summed E-state index contributed by atoms with van der Waals surface area (Å²) in [6, 6.07) is -0.838. The fourth-order valence-electron chi connectivity index (χ4n) is 6.63. The van der Waals surface area contributed by atoms with Crippen molar-refractivity contribution in [1.29, 1.82) is 0 Å². The minimum absolute atomic E-state index is 0.0642. The summed E-state index contributed by atoms with van der Waals surface area (Å²) in [7, 11) is 1.58. The van der Waals surface area contributed by atoms with Crippen LogP contribution in [0.15, 0.2) is 12.2 Å². The Balaban J connectivity index is 4.18. The predicted octanol–water partition coefficient (Wildman–Crippen LogP) is 12.4. The summed E-state index contributed by atoms with van der Waals surface area (Å²) < 4.78 is 23.5. The lowest BCUT2D eigenvalue weighted by Gasteiger charge is -2.25. The summed E-state index contributed by atoms with van der Waals surface area (Å²) in [5.74, 6) is -0.176. The molecule has 0 rings (SSSR count). The first kappa shape index (κ1) is 52.2. The number of unbranched alkanes of at least 4 members (excludes halogenated alkanes) is 28. The fraction of sp³-hybridized carbons (Fsp3) is 0.932. The average Bonchev–Trinajstić information content (AvgIpc) is 3.10. The van der Waals surface area contributed by atoms with E-state index in [9.17, 15) is 19.4 Å². The number of likely N-dealkylation sites (N-methyl/N-ethyl adjacent to an activating group) is 1. The van der Waals surface area contributed by atoms with Gasteiger partial charge >= 0.3 is 7.82 Å². The number of nitrogens with one attached hydrogen (secondary N) is 1. The maximum Gasteiger partial charge on any atom is 0.472 e. The number of amides is 1. The lowest BCUT2D eigenvalue weighted by Crippen LogP contribution is -2.45. The van der Waals surface area contributed by atoms with Crippen LogP contribution in [0.25, 0.3) is 0 Å². The topological polar surface area (TPSA) is 105 Å². The van der Waals surface area contributed by atoms with Gasteiger partial charge < -0.3 is 19.8 Å². The maximum absolute atomic E-state index is 12.8. The molecule has 0 aliphatic carbocycles. The minimum atomic E-state index is -4.32. The van der Waals surface area contributed by atoms with Gasteiger partial charge in [-0.25, -0.2) is 4.57 Å². The molecular formula is C44H90N2O6P+. The second-order valence-corrected chi connectivity index (χ2v) is 18.2. The third kappa shape index (κ3) is 39.3. The van der Waals surface area contributed by atoms with Crippen molar-refractivity contribution < 1.29 is 32.9 Å². The molecule has 9 heteroatoms. The first-order chi connectivity index (χ1) is 25.5. The van der Waals surface area contributed by atoms with Gasteiger partial charge in [0.1, 0.15) is 13.2 Å². The van der Waals surface area contributed by atoms with Gasteiger partial charge in [-0.05, 0) is 19.3 Å². The van der Waals surface area contributed by atoms with Gasteiger partial charge in [0.25, 0.3) is 0 Å². The van der Waals surface area contributed by atoms with E-state index in [1.165, 1.54) is 154 Å². The van der Waals surface area contributed by atoms with Crippen LogP contribution in [0, 0.1) is 0 Å². The molecule has 0 aromatic rings. The van der Waals surface area contributed by atoms with E-state index < -0.39 is 20.0 Å². The number of nitrogens with zero attached hydrogens (tertiary/aromatic N) is 1. The van der Waals surface area contributed by atoms with Gasteiger partial charge in [0.2, 0.25) is 5.91 Å². The number of phosphoric acid groups is 1. The normalized spacial score (nSPS) is 14.5. The minimum Gasteiger partial charge on any atom is -0.387 e. The highest BCUT2D eigenvalue weighted by Gasteiger charge is 2.27. The van der Waals surface area contributed by atoms with Crippen molar-refractivity contribution >= 4 is 13.7 Å². The number of phosphoric ester groups is 1. The van der Waals surface area contributed by atoms with Crippen LogP contribution in [0.1, 0.15) is 213 Å². The van der Waals surface area contributed by atoms with Crippen molar-refractivity contribution in [3.63, 3.8) is 0 Å². The summed E-state index contributed by atoms with van der Waals surface area (Å²) in [5, 5.41) is 13.8. The molecule has 0 saturated carbocycles. The molecule has 3 unspecified atom stereocenters. The molecular weight excluding hydrogens is 683 g/mol. The summed E-state index contributed by atoms with van der Waals surface area (Å²) in [6.07, 6.45) is 41.5. The van der Waals surface area contributed by atoms with Crippen LogP contribution in [0.4, 0.5) is 0 Å². The summed E-state index contributed by atoms with van der Waals surface area (Å²) in [4.78, 5) is 23.0. The molecule has 1 amide bonds. The molecule has 0 aliphatic heterocycles. The van der Waals surface area contributed by atoms with Crippen molar-refractivity contribution in [3.05, 3.63) is 12.2 Å². The molecule has 0 fully saturated rings. The third-order valence-corrected chi connectivity index (χ3v) is 11.2. The van der Waals surface area contributed by atoms with Crippen LogP contribution >= 0.6 is 7.82 Å². The zero-order valence-corrected chi connectivity index (χ0v) is 36.7. The zero-order chi connectivity index (χ0) is 39.3. The molecule has 3 N–H and O–H groups in total. The Bertz CT molecular complexity index is 880. The Morgan fingerprint density at radius 3 is 1.40 bits per heavy atom. The van der Waals surface area contributed by atoms with Gasteiger partial charge in [-0.15, -0.1) is 0 Å². The highest BCUT2D eigenvalue weighted by atomic mass is 31.2. The zero-order valence-electron chi connectivity index (χ0n) is 35.8. The van der Waals surface area contributed by atoms with Gasteiger partial charge in [0.15, 0.2) is 0 Å². The highest BCUT2D eigenvalue weighted by molar-refractivity contribution is 7.47. The van der Waals surface area contributed by atoms with Crippen molar-refractivity contribution in [2.45, 2.75) is 225 Å². The monoisotopic (exact) mass is 774 g/mol. The summed E-state index contributed by atoms with van der Waals surface area (Å²) in [5.41, 5.74) is 0. The van der Waals surface area contributed by atoms with Crippen LogP contribution in [0.2, 0.25) is 0 Å². The summed E-state index contributed by atoms with van der Waals surface area (Å²) in [6.45, 7) is 4.80. The molecule has 0 spiro atoms. The van der Waals surface area contributed by atoms with E-state index in [0.717, 1.165) is 38.5 Å². The summed E-state index contributed by atoms with van der Waals surface area (Å²) >= 11 is 0. The van der Waals surface area contributed by atoms with Gasteiger partial charge in [0.05, 0.1) is 39.9 Å². The molecule has 0 aromatic carbocycles. The molecule has 0 radical (unpaired) electrons. The van der Waals surface area contributed by atoms with Crippen LogP contribution in [0.5, 0.6) is 0 Å². The van der Waals surface area contributed by atoms with E-state index in [0.29, 0.717) is 17.4 Å². The molecule has 0 aromatic heterocycles. The lowest BCUT2D eigenvalue weighted by molar-refractivity contribution is -0.870. The number of carbonyl (C=O) groups is 1. The van der Waals surface area contributed by atoms with Crippen LogP contribution in [-0.4, -0.2) is 73.4 Å². The Hall–Kier alpha value is -0.760. The first-order valence-corrected chi connectivity index (χ1v) is 24.1. The number of carbonyl (C=O) groups excluding carboxylic acids is 1. The Labute approximate surface area is 329 Å². The molecule has 0 aliphatic rings. The Morgan fingerprint density at radius 1 is 0.623 bits per heavy atom. The standard InChI is InChI=1S/C44H89N2O6P/c1-6-8-10-12-14-16-17-18-19-20-21-22-23-24-25-26-27-28-30-32-34-36-38-44(48)45-42(41-52-53(49,50)51-40-39-46(3,4)5)43(47)37-35-33-31-29-15-13-11-9-7-2/h35,37,42-43,47H,6-34,36,38-41H2,1-5H3,(H-,45,48,49,50)/p+1/b37-35+. The average molecular weight is 774 g/mol. The number of allylic oxidation sites excluding steroid dienone is 1. The van der Waals surface area contributed by atoms with Crippen LogP contribution < -0.4 is 5.32 Å². The molecule has 3 atom stereocenters. The molecule has 0 bridgehead atoms. The largest absolute Gasteiger partial charge is 0.472 e. The lowest BCUT2D eigenvalue weighted by atomic mass is 10.0. The number of hydrogen-bond acceptors (Lipinski definition) is 5. The quantitative estimate of drug-likeness (QED) is 0.0247. The van der Waals surface area contributed by atoms with Crippen LogP contribution in [-0.2, 0) is 18.4 Å². The first-order valence-electron chi connectivity index (χ1n) is 22.6. The van der Waals surface area contributed by atoms with Gasteiger partial charge in [-0.3, -0.25) is 13.8 Å². The SMILES string of the molecule is CCCCCCCCC/C=C/C(O)C(COP(=O)(O)OCC[N+](C)(C)C)NC(=O)CCCCCCCCCCCCCCCCCCCCCCCC. The van der Waals surface area contributed by atoms with E-state index in [-0.39, 0.29) is 19.1 Å². The van der Waals surface area contributed by atoms with Crippen LogP contribution in [0.3, 0.4) is 0 Å². The van der Waals surface area contributed by atoms with E-state index >= 15 is 0 Å². The highest BCUT2D eigenvalue weighted by Crippen LogP contribution is 2.43. The number of aliphatic hydroxyl groups is 1. The molecule has 316 valence electrons. The smallest absolute Gasteiger partial charge is 0.387 e. The predicted molar refractivity (Wildman–Crippen MR) is 226 cm³/mol. The number of quaternary nitrogens is 1. The number of rotatable bonds is 41. The van der Waals surface area contributed by atoms with Gasteiger partial charge in [-0.2, -0.15) is 0 Å².